The highest BCUT2D eigenvalue weighted by Crippen LogP contribution is 2.39. The SMILES string of the molecule is CC(C)(C)C1CCc2[nH]nc(N3CCC(N)CC3)c2C1. The number of aromatic amines is 1. The van der Waals surface area contributed by atoms with Gasteiger partial charge in [0.15, 0.2) is 5.82 Å². The molecule has 1 aromatic heterocycles. The summed E-state index contributed by atoms with van der Waals surface area (Å²) in [5, 5.41) is 7.91. The Kier molecular flexibility index (Phi) is 3.53. The minimum atomic E-state index is 0.378. The quantitative estimate of drug-likeness (QED) is 0.828. The van der Waals surface area contributed by atoms with Crippen molar-refractivity contribution in [1.29, 1.82) is 0 Å². The Morgan fingerprint density at radius 3 is 2.55 bits per heavy atom. The Morgan fingerprint density at radius 1 is 1.20 bits per heavy atom. The Bertz CT molecular complexity index is 463. The van der Waals surface area contributed by atoms with Crippen LogP contribution in [0, 0.1) is 11.3 Å². The van der Waals surface area contributed by atoms with Crippen molar-refractivity contribution in [3.8, 4) is 0 Å². The second-order valence-electron chi connectivity index (χ2n) is 7.63. The molecule has 2 heterocycles. The maximum absolute atomic E-state index is 6.01. The average Bonchev–Trinajstić information content (AvgIpc) is 2.81. The van der Waals surface area contributed by atoms with E-state index in [1.807, 2.05) is 0 Å². The van der Waals surface area contributed by atoms with Gasteiger partial charge in [-0.25, -0.2) is 0 Å². The lowest BCUT2D eigenvalue weighted by Gasteiger charge is -2.36. The summed E-state index contributed by atoms with van der Waals surface area (Å²) in [6, 6.07) is 0.378. The molecule has 1 fully saturated rings. The highest BCUT2D eigenvalue weighted by molar-refractivity contribution is 5.50. The number of hydrogen-bond acceptors (Lipinski definition) is 3. The van der Waals surface area contributed by atoms with Gasteiger partial charge in [-0.3, -0.25) is 5.10 Å². The van der Waals surface area contributed by atoms with Crippen molar-refractivity contribution in [3.05, 3.63) is 11.3 Å². The summed E-state index contributed by atoms with van der Waals surface area (Å²) >= 11 is 0. The number of nitrogens with one attached hydrogen (secondary N) is 1. The molecule has 1 aliphatic heterocycles. The molecule has 2 aliphatic rings. The van der Waals surface area contributed by atoms with E-state index in [0.717, 1.165) is 38.3 Å². The summed E-state index contributed by atoms with van der Waals surface area (Å²) in [5.74, 6) is 1.97. The van der Waals surface area contributed by atoms with Gasteiger partial charge in [0.1, 0.15) is 0 Å². The van der Waals surface area contributed by atoms with E-state index in [4.69, 9.17) is 5.73 Å². The van der Waals surface area contributed by atoms with E-state index >= 15 is 0 Å². The van der Waals surface area contributed by atoms with Crippen LogP contribution >= 0.6 is 0 Å². The van der Waals surface area contributed by atoms with E-state index < -0.39 is 0 Å². The molecule has 3 rings (SSSR count). The molecule has 0 spiro atoms. The van der Waals surface area contributed by atoms with Crippen LogP contribution in [-0.2, 0) is 12.8 Å². The fourth-order valence-corrected chi connectivity index (χ4v) is 3.59. The second-order valence-corrected chi connectivity index (χ2v) is 7.63. The molecule has 0 amide bonds. The molecule has 20 heavy (non-hydrogen) atoms. The molecule has 4 heteroatoms. The highest BCUT2D eigenvalue weighted by atomic mass is 15.3. The van der Waals surface area contributed by atoms with Crippen molar-refractivity contribution in [2.75, 3.05) is 18.0 Å². The molecule has 1 unspecified atom stereocenters. The second kappa shape index (κ2) is 5.06. The van der Waals surface area contributed by atoms with E-state index in [1.54, 1.807) is 0 Å². The van der Waals surface area contributed by atoms with Crippen molar-refractivity contribution in [2.24, 2.45) is 17.1 Å². The van der Waals surface area contributed by atoms with E-state index in [9.17, 15) is 0 Å². The zero-order valence-electron chi connectivity index (χ0n) is 13.1. The number of piperidine rings is 1. The smallest absolute Gasteiger partial charge is 0.153 e. The monoisotopic (exact) mass is 276 g/mol. The van der Waals surface area contributed by atoms with Crippen molar-refractivity contribution in [2.45, 2.75) is 58.9 Å². The van der Waals surface area contributed by atoms with E-state index in [0.29, 0.717) is 11.5 Å². The number of fused-ring (bicyclic) bond motifs is 1. The van der Waals surface area contributed by atoms with Gasteiger partial charge in [0.05, 0.1) is 0 Å². The van der Waals surface area contributed by atoms with Crippen LogP contribution < -0.4 is 10.6 Å². The van der Waals surface area contributed by atoms with Crippen LogP contribution in [0.15, 0.2) is 0 Å². The Labute approximate surface area is 122 Å². The average molecular weight is 276 g/mol. The van der Waals surface area contributed by atoms with Crippen molar-refractivity contribution in [3.63, 3.8) is 0 Å². The summed E-state index contributed by atoms with van der Waals surface area (Å²) in [6.07, 6.45) is 5.78. The summed E-state index contributed by atoms with van der Waals surface area (Å²) in [5.41, 5.74) is 9.25. The maximum atomic E-state index is 6.01. The van der Waals surface area contributed by atoms with Gasteiger partial charge in [0.2, 0.25) is 0 Å². The number of H-pyrrole nitrogens is 1. The molecule has 0 aromatic carbocycles. The first-order chi connectivity index (χ1) is 9.45. The molecule has 1 atom stereocenters. The number of nitrogens with two attached hydrogens (primary N) is 1. The molecule has 1 aromatic rings. The lowest BCUT2D eigenvalue weighted by atomic mass is 9.72. The first-order valence-corrected chi connectivity index (χ1v) is 8.02. The third-order valence-electron chi connectivity index (χ3n) is 5.19. The number of hydrogen-bond donors (Lipinski definition) is 2. The largest absolute Gasteiger partial charge is 0.355 e. The number of nitrogens with zero attached hydrogens (tertiary/aromatic N) is 2. The third kappa shape index (κ3) is 2.58. The lowest BCUT2D eigenvalue weighted by Crippen LogP contribution is -2.40. The molecule has 112 valence electrons. The Morgan fingerprint density at radius 2 is 1.90 bits per heavy atom. The standard InChI is InChI=1S/C16H28N4/c1-16(2,3)11-4-5-14-13(10-11)15(19-18-14)20-8-6-12(17)7-9-20/h11-12H,4-10,17H2,1-3H3,(H,18,19). The molecular weight excluding hydrogens is 248 g/mol. The van der Waals surface area contributed by atoms with Crippen LogP contribution in [0.1, 0.15) is 51.3 Å². The summed E-state index contributed by atoms with van der Waals surface area (Å²) in [4.78, 5) is 2.43. The number of anilines is 1. The van der Waals surface area contributed by atoms with Crippen LogP contribution in [0.25, 0.3) is 0 Å². The first-order valence-electron chi connectivity index (χ1n) is 8.02. The Hall–Kier alpha value is -1.03. The minimum absolute atomic E-state index is 0.378. The van der Waals surface area contributed by atoms with Crippen molar-refractivity contribution >= 4 is 5.82 Å². The molecule has 1 aliphatic carbocycles. The van der Waals surface area contributed by atoms with Crippen LogP contribution in [0.3, 0.4) is 0 Å². The summed E-state index contributed by atoms with van der Waals surface area (Å²) in [7, 11) is 0. The van der Waals surface area contributed by atoms with Gasteiger partial charge in [0.25, 0.3) is 0 Å². The van der Waals surface area contributed by atoms with Gasteiger partial charge >= 0.3 is 0 Å². The van der Waals surface area contributed by atoms with Crippen LogP contribution in [0.2, 0.25) is 0 Å². The van der Waals surface area contributed by atoms with Gasteiger partial charge in [-0.1, -0.05) is 20.8 Å². The molecule has 4 nitrogen and oxygen atoms in total. The van der Waals surface area contributed by atoms with Gasteiger partial charge in [0, 0.05) is 30.4 Å². The fraction of sp³-hybridized carbons (Fsp3) is 0.812. The first kappa shape index (κ1) is 13.9. The maximum Gasteiger partial charge on any atom is 0.153 e. The molecule has 3 N–H and O–H groups in total. The molecule has 0 radical (unpaired) electrons. The third-order valence-corrected chi connectivity index (χ3v) is 5.19. The molecule has 0 saturated carbocycles. The van der Waals surface area contributed by atoms with Gasteiger partial charge < -0.3 is 10.6 Å². The fourth-order valence-electron chi connectivity index (χ4n) is 3.59. The zero-order chi connectivity index (χ0) is 14.3. The van der Waals surface area contributed by atoms with E-state index in [2.05, 4.69) is 35.9 Å². The van der Waals surface area contributed by atoms with Crippen LogP contribution in [-0.4, -0.2) is 29.3 Å². The lowest BCUT2D eigenvalue weighted by molar-refractivity contribution is 0.215. The number of aromatic nitrogens is 2. The normalized spacial score (nSPS) is 24.8. The van der Waals surface area contributed by atoms with Gasteiger partial charge in [-0.05, 0) is 43.4 Å². The summed E-state index contributed by atoms with van der Waals surface area (Å²) in [6.45, 7) is 9.20. The summed E-state index contributed by atoms with van der Waals surface area (Å²) < 4.78 is 0. The van der Waals surface area contributed by atoms with Crippen LogP contribution in [0.4, 0.5) is 5.82 Å². The highest BCUT2D eigenvalue weighted by Gasteiger charge is 2.33. The van der Waals surface area contributed by atoms with E-state index in [1.165, 1.54) is 29.9 Å². The zero-order valence-corrected chi connectivity index (χ0v) is 13.1. The minimum Gasteiger partial charge on any atom is -0.355 e. The predicted octanol–water partition coefficient (Wildman–Crippen LogP) is 2.49. The molecule has 0 bridgehead atoms. The number of rotatable bonds is 1. The molecular formula is C16H28N4. The van der Waals surface area contributed by atoms with Crippen molar-refractivity contribution in [1.82, 2.24) is 10.2 Å². The van der Waals surface area contributed by atoms with Gasteiger partial charge in [-0.15, -0.1) is 0 Å². The van der Waals surface area contributed by atoms with Crippen molar-refractivity contribution < 1.29 is 0 Å². The molecule has 1 saturated heterocycles. The van der Waals surface area contributed by atoms with Crippen LogP contribution in [0.5, 0.6) is 0 Å². The predicted molar refractivity (Wildman–Crippen MR) is 83.0 cm³/mol. The van der Waals surface area contributed by atoms with E-state index in [-0.39, 0.29) is 0 Å². The van der Waals surface area contributed by atoms with Gasteiger partial charge in [-0.2, -0.15) is 5.10 Å². The topological polar surface area (TPSA) is 57.9 Å². The Balaban J connectivity index is 1.80. The number of aryl methyl sites for hydroxylation is 1.